The summed E-state index contributed by atoms with van der Waals surface area (Å²) in [4.78, 5) is 2.54. The average molecular weight is 228 g/mol. The van der Waals surface area contributed by atoms with Gasteiger partial charge in [-0.05, 0) is 46.2 Å². The monoisotopic (exact) mass is 228 g/mol. The van der Waals surface area contributed by atoms with Crippen molar-refractivity contribution < 1.29 is 4.74 Å². The SMILES string of the molecule is CCCNC1CCCN(CC(C)OCC)C1. The fourth-order valence-corrected chi connectivity index (χ4v) is 2.44. The van der Waals surface area contributed by atoms with Crippen molar-refractivity contribution in [3.63, 3.8) is 0 Å². The smallest absolute Gasteiger partial charge is 0.0673 e. The van der Waals surface area contributed by atoms with Gasteiger partial charge in [-0.2, -0.15) is 0 Å². The lowest BCUT2D eigenvalue weighted by Gasteiger charge is -2.34. The highest BCUT2D eigenvalue weighted by atomic mass is 16.5. The van der Waals surface area contributed by atoms with Crippen molar-refractivity contribution in [3.8, 4) is 0 Å². The van der Waals surface area contributed by atoms with Crippen LogP contribution in [0.3, 0.4) is 0 Å². The molecule has 1 rings (SSSR count). The van der Waals surface area contributed by atoms with Crippen LogP contribution in [0.1, 0.15) is 40.0 Å². The van der Waals surface area contributed by atoms with Crippen LogP contribution in [-0.4, -0.2) is 49.8 Å². The molecule has 96 valence electrons. The highest BCUT2D eigenvalue weighted by Gasteiger charge is 2.20. The zero-order valence-corrected chi connectivity index (χ0v) is 11.2. The number of ether oxygens (including phenoxy) is 1. The van der Waals surface area contributed by atoms with E-state index in [2.05, 4.69) is 31.0 Å². The normalized spacial score (nSPS) is 24.6. The molecule has 2 unspecified atom stereocenters. The second-order valence-electron chi connectivity index (χ2n) is 4.82. The number of nitrogens with zero attached hydrogens (tertiary/aromatic N) is 1. The van der Waals surface area contributed by atoms with Crippen molar-refractivity contribution in [2.75, 3.05) is 32.8 Å². The molecule has 1 aliphatic heterocycles. The van der Waals surface area contributed by atoms with Gasteiger partial charge in [0.1, 0.15) is 0 Å². The summed E-state index contributed by atoms with van der Waals surface area (Å²) in [7, 11) is 0. The van der Waals surface area contributed by atoms with Crippen LogP contribution >= 0.6 is 0 Å². The molecule has 3 nitrogen and oxygen atoms in total. The molecule has 0 bridgehead atoms. The lowest BCUT2D eigenvalue weighted by Crippen LogP contribution is -2.47. The third-order valence-corrected chi connectivity index (χ3v) is 3.16. The molecule has 2 atom stereocenters. The lowest BCUT2D eigenvalue weighted by molar-refractivity contribution is 0.0368. The van der Waals surface area contributed by atoms with Gasteiger partial charge in [0, 0.05) is 25.7 Å². The van der Waals surface area contributed by atoms with Crippen molar-refractivity contribution in [2.45, 2.75) is 52.2 Å². The van der Waals surface area contributed by atoms with E-state index in [1.54, 1.807) is 0 Å². The molecule has 0 aromatic rings. The highest BCUT2D eigenvalue weighted by molar-refractivity contribution is 4.78. The Hall–Kier alpha value is -0.120. The fourth-order valence-electron chi connectivity index (χ4n) is 2.44. The van der Waals surface area contributed by atoms with Crippen LogP contribution in [0.15, 0.2) is 0 Å². The number of hydrogen-bond acceptors (Lipinski definition) is 3. The Morgan fingerprint density at radius 3 is 2.94 bits per heavy atom. The number of likely N-dealkylation sites (tertiary alicyclic amines) is 1. The molecular weight excluding hydrogens is 200 g/mol. The molecule has 1 heterocycles. The predicted molar refractivity (Wildman–Crippen MR) is 68.8 cm³/mol. The van der Waals surface area contributed by atoms with E-state index >= 15 is 0 Å². The number of nitrogens with one attached hydrogen (secondary N) is 1. The Balaban J connectivity index is 2.21. The first-order valence-corrected chi connectivity index (χ1v) is 6.83. The van der Waals surface area contributed by atoms with Crippen LogP contribution in [0.4, 0.5) is 0 Å². The highest BCUT2D eigenvalue weighted by Crippen LogP contribution is 2.11. The summed E-state index contributed by atoms with van der Waals surface area (Å²) in [5, 5.41) is 3.62. The van der Waals surface area contributed by atoms with E-state index in [1.807, 2.05) is 0 Å². The number of hydrogen-bond donors (Lipinski definition) is 1. The fraction of sp³-hybridized carbons (Fsp3) is 1.00. The molecule has 1 N–H and O–H groups in total. The summed E-state index contributed by atoms with van der Waals surface area (Å²) >= 11 is 0. The quantitative estimate of drug-likeness (QED) is 0.720. The molecule has 0 spiro atoms. The minimum Gasteiger partial charge on any atom is -0.377 e. The predicted octanol–water partition coefficient (Wildman–Crippen LogP) is 1.88. The second-order valence-corrected chi connectivity index (χ2v) is 4.82. The average Bonchev–Trinajstić information content (AvgIpc) is 2.27. The topological polar surface area (TPSA) is 24.5 Å². The van der Waals surface area contributed by atoms with E-state index in [9.17, 15) is 0 Å². The van der Waals surface area contributed by atoms with Crippen LogP contribution in [-0.2, 0) is 4.74 Å². The van der Waals surface area contributed by atoms with Gasteiger partial charge in [0.25, 0.3) is 0 Å². The van der Waals surface area contributed by atoms with Gasteiger partial charge in [-0.3, -0.25) is 4.90 Å². The Bertz CT molecular complexity index is 175. The zero-order valence-electron chi connectivity index (χ0n) is 11.2. The standard InChI is InChI=1S/C13H28N2O/c1-4-8-14-13-7-6-9-15(11-13)10-12(3)16-5-2/h12-14H,4-11H2,1-3H3. The molecule has 0 amide bonds. The molecule has 3 heteroatoms. The molecule has 1 aliphatic rings. The van der Waals surface area contributed by atoms with Crippen molar-refractivity contribution >= 4 is 0 Å². The summed E-state index contributed by atoms with van der Waals surface area (Å²) in [6.45, 7) is 12.0. The largest absolute Gasteiger partial charge is 0.377 e. The summed E-state index contributed by atoms with van der Waals surface area (Å²) in [6.07, 6.45) is 4.25. The minimum atomic E-state index is 0.370. The molecule has 0 saturated carbocycles. The molecule has 1 saturated heterocycles. The second kappa shape index (κ2) is 8.04. The summed E-state index contributed by atoms with van der Waals surface area (Å²) < 4.78 is 5.60. The Labute approximate surface area is 101 Å². The molecule has 1 fully saturated rings. The van der Waals surface area contributed by atoms with Crippen LogP contribution < -0.4 is 5.32 Å². The van der Waals surface area contributed by atoms with Gasteiger partial charge >= 0.3 is 0 Å². The maximum absolute atomic E-state index is 5.60. The van der Waals surface area contributed by atoms with Crippen LogP contribution in [0.5, 0.6) is 0 Å². The Morgan fingerprint density at radius 2 is 2.25 bits per heavy atom. The Kier molecular flexibility index (Phi) is 7.01. The van der Waals surface area contributed by atoms with Gasteiger partial charge in [0.05, 0.1) is 6.10 Å². The van der Waals surface area contributed by atoms with Crippen LogP contribution in [0.2, 0.25) is 0 Å². The first-order chi connectivity index (χ1) is 7.76. The molecule has 0 aliphatic carbocycles. The van der Waals surface area contributed by atoms with Gasteiger partial charge in [0.2, 0.25) is 0 Å². The lowest BCUT2D eigenvalue weighted by atomic mass is 10.1. The summed E-state index contributed by atoms with van der Waals surface area (Å²) in [5.41, 5.74) is 0. The molecule has 16 heavy (non-hydrogen) atoms. The maximum Gasteiger partial charge on any atom is 0.0673 e. The van der Waals surface area contributed by atoms with Crippen molar-refractivity contribution in [3.05, 3.63) is 0 Å². The zero-order chi connectivity index (χ0) is 11.8. The van der Waals surface area contributed by atoms with Gasteiger partial charge in [-0.25, -0.2) is 0 Å². The van der Waals surface area contributed by atoms with Gasteiger partial charge in [-0.1, -0.05) is 6.92 Å². The van der Waals surface area contributed by atoms with Crippen molar-refractivity contribution in [1.82, 2.24) is 10.2 Å². The summed E-state index contributed by atoms with van der Waals surface area (Å²) in [5.74, 6) is 0. The number of rotatable bonds is 7. The van der Waals surface area contributed by atoms with Gasteiger partial charge in [0.15, 0.2) is 0 Å². The molecule has 0 aromatic heterocycles. The van der Waals surface area contributed by atoms with Crippen LogP contribution in [0, 0.1) is 0 Å². The van der Waals surface area contributed by atoms with Crippen molar-refractivity contribution in [2.24, 2.45) is 0 Å². The van der Waals surface area contributed by atoms with Gasteiger partial charge in [-0.15, -0.1) is 0 Å². The Morgan fingerprint density at radius 1 is 1.44 bits per heavy atom. The molecule has 0 aromatic carbocycles. The van der Waals surface area contributed by atoms with E-state index < -0.39 is 0 Å². The van der Waals surface area contributed by atoms with E-state index in [4.69, 9.17) is 4.74 Å². The molecular formula is C13H28N2O. The third-order valence-electron chi connectivity index (χ3n) is 3.16. The first-order valence-electron chi connectivity index (χ1n) is 6.83. The third kappa shape index (κ3) is 5.28. The summed E-state index contributed by atoms with van der Waals surface area (Å²) in [6, 6.07) is 0.697. The van der Waals surface area contributed by atoms with E-state index in [0.29, 0.717) is 12.1 Å². The molecule has 0 radical (unpaired) electrons. The first kappa shape index (κ1) is 13.9. The minimum absolute atomic E-state index is 0.370. The van der Waals surface area contributed by atoms with Crippen molar-refractivity contribution in [1.29, 1.82) is 0 Å². The maximum atomic E-state index is 5.60. The number of piperidine rings is 1. The van der Waals surface area contributed by atoms with E-state index in [-0.39, 0.29) is 0 Å². The van der Waals surface area contributed by atoms with Crippen LogP contribution in [0.25, 0.3) is 0 Å². The van der Waals surface area contributed by atoms with Gasteiger partial charge < -0.3 is 10.1 Å². The van der Waals surface area contributed by atoms with E-state index in [0.717, 1.165) is 19.7 Å². The van der Waals surface area contributed by atoms with E-state index in [1.165, 1.54) is 32.4 Å².